The third kappa shape index (κ3) is 6.99. The normalized spacial score (nSPS) is 18.0. The molecule has 4 rings (SSSR count). The molecule has 9 nitrogen and oxygen atoms in total. The molecule has 2 N–H and O–H groups in total. The average Bonchev–Trinajstić information content (AvgIpc) is 3.04. The summed E-state index contributed by atoms with van der Waals surface area (Å²) in [6.07, 6.45) is 2.22. The van der Waals surface area contributed by atoms with Crippen molar-refractivity contribution in [2.75, 3.05) is 37.5 Å². The number of ether oxygens (including phenoxy) is 1. The van der Waals surface area contributed by atoms with E-state index in [4.69, 9.17) is 4.74 Å². The number of para-hydroxylation sites is 1. The van der Waals surface area contributed by atoms with Crippen molar-refractivity contribution in [2.24, 2.45) is 0 Å². The van der Waals surface area contributed by atoms with E-state index in [1.54, 1.807) is 28.6 Å². The Balaban J connectivity index is 1.96. The van der Waals surface area contributed by atoms with Crippen molar-refractivity contribution in [1.82, 2.24) is 4.31 Å². The second-order valence-electron chi connectivity index (χ2n) is 10.3. The van der Waals surface area contributed by atoms with E-state index in [9.17, 15) is 30.7 Å². The van der Waals surface area contributed by atoms with Gasteiger partial charge in [-0.1, -0.05) is 50.1 Å². The number of benzene rings is 3. The van der Waals surface area contributed by atoms with Gasteiger partial charge in [0.1, 0.15) is 10.6 Å². The largest absolute Gasteiger partial charge is 0.534 e. The van der Waals surface area contributed by atoms with E-state index in [-0.39, 0.29) is 17.1 Å². The molecule has 1 atom stereocenters. The highest BCUT2D eigenvalue weighted by atomic mass is 32.3. The highest BCUT2D eigenvalue weighted by molar-refractivity contribution is 8.22. The Hall–Kier alpha value is -3.17. The van der Waals surface area contributed by atoms with E-state index >= 15 is 0 Å². The van der Waals surface area contributed by atoms with E-state index in [1.165, 1.54) is 32.2 Å². The summed E-state index contributed by atoms with van der Waals surface area (Å²) in [7, 11) is -5.39. The molecule has 1 aliphatic rings. The minimum atomic E-state index is -6.06. The summed E-state index contributed by atoms with van der Waals surface area (Å²) in [4.78, 5) is 3.14. The van der Waals surface area contributed by atoms with Gasteiger partial charge in [0.15, 0.2) is 5.75 Å². The van der Waals surface area contributed by atoms with Crippen LogP contribution in [0.25, 0.3) is 0 Å². The number of nitrogens with zero attached hydrogens (tertiary/aromatic N) is 3. The second kappa shape index (κ2) is 12.8. The maximum atomic E-state index is 13.4. The van der Waals surface area contributed by atoms with Gasteiger partial charge >= 0.3 is 15.6 Å². The van der Waals surface area contributed by atoms with Gasteiger partial charge in [0.25, 0.3) is 0 Å². The molecule has 0 aliphatic carbocycles. The first-order valence-corrected chi connectivity index (χ1v) is 16.5. The van der Waals surface area contributed by atoms with Crippen molar-refractivity contribution in [3.63, 3.8) is 0 Å². The molecule has 0 spiro atoms. The van der Waals surface area contributed by atoms with Crippen LogP contribution < -0.4 is 18.7 Å². The van der Waals surface area contributed by atoms with Crippen molar-refractivity contribution in [2.45, 2.75) is 49.2 Å². The standard InChI is InChI=1S/C29H36F3N3O6S2/c1-5-6-10-23-20-34(22-11-8-7-9-12-22)26-17-25(33(2)3)27(41-43(38,39)29(30,31)32)18-28(26)42(36,37)35(23)19-21-13-15-24(40-4)16-14-21/h7-9,11-18,23,36-37H,5-6,10,19-20H2,1-4H3. The molecular weight excluding hydrogens is 607 g/mol. The summed E-state index contributed by atoms with van der Waals surface area (Å²) < 4.78 is 99.8. The third-order valence-electron chi connectivity index (χ3n) is 7.17. The first-order valence-electron chi connectivity index (χ1n) is 13.6. The van der Waals surface area contributed by atoms with Gasteiger partial charge in [0.05, 0.1) is 18.5 Å². The van der Waals surface area contributed by atoms with Crippen LogP contribution in [0.2, 0.25) is 0 Å². The Morgan fingerprint density at radius 2 is 1.70 bits per heavy atom. The lowest BCUT2D eigenvalue weighted by Gasteiger charge is -2.45. The zero-order valence-corrected chi connectivity index (χ0v) is 25.9. The summed E-state index contributed by atoms with van der Waals surface area (Å²) in [6.45, 7) is 2.44. The maximum Gasteiger partial charge on any atom is 0.534 e. The number of hydrogen-bond acceptors (Lipinski definition) is 9. The molecule has 14 heteroatoms. The number of rotatable bonds is 10. The number of halogens is 3. The lowest BCUT2D eigenvalue weighted by molar-refractivity contribution is -0.0499. The van der Waals surface area contributed by atoms with Crippen LogP contribution in [0, 0.1) is 0 Å². The molecular formula is C29H36F3N3O6S2. The van der Waals surface area contributed by atoms with Crippen LogP contribution in [0.1, 0.15) is 31.7 Å². The van der Waals surface area contributed by atoms with Crippen molar-refractivity contribution in [3.8, 4) is 11.5 Å². The molecule has 1 heterocycles. The average molecular weight is 644 g/mol. The number of unbranched alkanes of at least 4 members (excludes halogenated alkanes) is 1. The van der Waals surface area contributed by atoms with Crippen LogP contribution in [0.3, 0.4) is 0 Å². The topological polar surface area (TPSA) is 103 Å². The van der Waals surface area contributed by atoms with Crippen molar-refractivity contribution >= 4 is 38.0 Å². The fourth-order valence-corrected chi connectivity index (χ4v) is 7.29. The maximum absolute atomic E-state index is 13.4. The Morgan fingerprint density at radius 1 is 1.05 bits per heavy atom. The SMILES string of the molecule is CCCCC1CN(c2ccccc2)c2cc(N(C)C)c(OS(=O)(=O)C(F)(F)F)cc2S(O)(O)N1Cc1ccc(OC)cc1. The number of methoxy groups -OCH3 is 1. The van der Waals surface area contributed by atoms with Gasteiger partial charge in [-0.05, 0) is 42.3 Å². The van der Waals surface area contributed by atoms with Gasteiger partial charge < -0.3 is 18.7 Å². The molecule has 1 aliphatic heterocycles. The van der Waals surface area contributed by atoms with Crippen LogP contribution in [-0.4, -0.2) is 61.1 Å². The molecule has 0 saturated heterocycles. The van der Waals surface area contributed by atoms with E-state index in [1.807, 2.05) is 42.2 Å². The molecule has 0 bridgehead atoms. The molecule has 3 aromatic carbocycles. The number of fused-ring (bicyclic) bond motifs is 1. The number of alkyl halides is 3. The fourth-order valence-electron chi connectivity index (χ4n) is 4.94. The molecule has 0 fully saturated rings. The highest BCUT2D eigenvalue weighted by Crippen LogP contribution is 2.61. The van der Waals surface area contributed by atoms with E-state index in [2.05, 4.69) is 4.18 Å². The second-order valence-corrected chi connectivity index (χ2v) is 13.8. The molecule has 0 amide bonds. The molecule has 0 saturated carbocycles. The van der Waals surface area contributed by atoms with Crippen LogP contribution >= 0.6 is 10.8 Å². The van der Waals surface area contributed by atoms with Gasteiger partial charge in [-0.25, -0.2) is 0 Å². The third-order valence-corrected chi connectivity index (χ3v) is 10.1. The van der Waals surface area contributed by atoms with Crippen LogP contribution in [0.15, 0.2) is 71.6 Å². The van der Waals surface area contributed by atoms with Crippen LogP contribution in [0.4, 0.5) is 30.2 Å². The molecule has 0 aromatic heterocycles. The Labute approximate surface area is 252 Å². The smallest absolute Gasteiger partial charge is 0.497 e. The molecule has 0 radical (unpaired) electrons. The van der Waals surface area contributed by atoms with Crippen molar-refractivity contribution in [1.29, 1.82) is 0 Å². The zero-order chi connectivity index (χ0) is 31.6. The quantitative estimate of drug-likeness (QED) is 0.175. The minimum Gasteiger partial charge on any atom is -0.497 e. The predicted octanol–water partition coefficient (Wildman–Crippen LogP) is 7.23. The van der Waals surface area contributed by atoms with Crippen molar-refractivity contribution < 1.29 is 39.6 Å². The number of anilines is 3. The van der Waals surface area contributed by atoms with Crippen LogP contribution in [0.5, 0.6) is 11.5 Å². The van der Waals surface area contributed by atoms with Gasteiger partial charge in [0, 0.05) is 45.0 Å². The Kier molecular flexibility index (Phi) is 9.76. The van der Waals surface area contributed by atoms with Gasteiger partial charge in [-0.3, -0.25) is 9.11 Å². The molecule has 236 valence electrons. The van der Waals surface area contributed by atoms with Gasteiger partial charge in [-0.2, -0.15) is 25.9 Å². The summed E-state index contributed by atoms with van der Waals surface area (Å²) >= 11 is 0. The molecule has 1 unspecified atom stereocenters. The number of hydrogen-bond donors (Lipinski definition) is 2. The first-order chi connectivity index (χ1) is 20.2. The summed E-state index contributed by atoms with van der Waals surface area (Å²) in [5.41, 5.74) is -3.90. The summed E-state index contributed by atoms with van der Waals surface area (Å²) in [5, 5.41) is 0. The Bertz CT molecular complexity index is 1500. The van der Waals surface area contributed by atoms with E-state index in [0.29, 0.717) is 30.1 Å². The lowest BCUT2D eigenvalue weighted by atomic mass is 10.1. The predicted molar refractivity (Wildman–Crippen MR) is 163 cm³/mol. The van der Waals surface area contributed by atoms with Gasteiger partial charge in [-0.15, -0.1) is 10.8 Å². The minimum absolute atomic E-state index is 0.0106. The van der Waals surface area contributed by atoms with E-state index < -0.39 is 38.2 Å². The lowest BCUT2D eigenvalue weighted by Crippen LogP contribution is -2.41. The van der Waals surface area contributed by atoms with Gasteiger partial charge in [0.2, 0.25) is 0 Å². The monoisotopic (exact) mass is 643 g/mol. The van der Waals surface area contributed by atoms with Crippen molar-refractivity contribution in [3.05, 3.63) is 72.3 Å². The molecule has 3 aromatic rings. The fraction of sp³-hybridized carbons (Fsp3) is 0.379. The summed E-state index contributed by atoms with van der Waals surface area (Å²) in [5.74, 6) is -0.0521. The highest BCUT2D eigenvalue weighted by Gasteiger charge is 2.49. The first kappa shape index (κ1) is 32.7. The molecule has 43 heavy (non-hydrogen) atoms. The summed E-state index contributed by atoms with van der Waals surface area (Å²) in [6, 6.07) is 18.3. The zero-order valence-electron chi connectivity index (χ0n) is 24.3. The van der Waals surface area contributed by atoms with E-state index in [0.717, 1.165) is 24.5 Å². The van der Waals surface area contributed by atoms with Crippen LogP contribution in [-0.2, 0) is 16.7 Å². The Morgan fingerprint density at radius 3 is 2.26 bits per heavy atom.